The van der Waals surface area contributed by atoms with Gasteiger partial charge in [0.25, 0.3) is 0 Å². The van der Waals surface area contributed by atoms with Crippen LogP contribution in [-0.4, -0.2) is 14.5 Å². The van der Waals surface area contributed by atoms with Gasteiger partial charge in [0, 0.05) is 28.4 Å². The molecule has 3 heteroatoms. The number of benzene rings is 3. The van der Waals surface area contributed by atoms with E-state index < -0.39 is 0 Å². The molecular weight excluding hydrogens is 330 g/mol. The second-order valence-corrected chi connectivity index (χ2v) is 6.59. The molecule has 5 aromatic rings. The molecule has 0 saturated heterocycles. The topological polar surface area (TPSA) is 30.7 Å². The molecule has 3 aromatic carbocycles. The summed E-state index contributed by atoms with van der Waals surface area (Å²) in [6, 6.07) is 27.4. The lowest BCUT2D eigenvalue weighted by Crippen LogP contribution is -1.98. The Morgan fingerprint density at radius 2 is 1.44 bits per heavy atom. The molecule has 0 unspecified atom stereocenters. The Morgan fingerprint density at radius 1 is 0.741 bits per heavy atom. The maximum atomic E-state index is 4.74. The third kappa shape index (κ3) is 2.43. The second kappa shape index (κ2) is 6.36. The van der Waals surface area contributed by atoms with Gasteiger partial charge in [0.2, 0.25) is 0 Å². The van der Waals surface area contributed by atoms with Crippen molar-refractivity contribution in [2.45, 2.75) is 13.5 Å². The summed E-state index contributed by atoms with van der Waals surface area (Å²) in [6.45, 7) is 3.09. The molecule has 2 heterocycles. The lowest BCUT2D eigenvalue weighted by atomic mass is 9.99. The number of fused-ring (bicyclic) bond motifs is 2. The molecule has 0 aliphatic rings. The minimum atomic E-state index is 0.897. The average Bonchev–Trinajstić information content (AvgIpc) is 3.08. The predicted octanol–water partition coefficient (Wildman–Crippen LogP) is 5.94. The lowest BCUT2D eigenvalue weighted by Gasteiger charge is -2.11. The van der Waals surface area contributed by atoms with E-state index in [9.17, 15) is 0 Å². The van der Waals surface area contributed by atoms with Gasteiger partial charge in [-0.05, 0) is 24.6 Å². The van der Waals surface area contributed by atoms with E-state index in [0.717, 1.165) is 23.1 Å². The molecule has 0 spiro atoms. The molecule has 2 aromatic heterocycles. The van der Waals surface area contributed by atoms with Crippen molar-refractivity contribution in [2.75, 3.05) is 0 Å². The van der Waals surface area contributed by atoms with Gasteiger partial charge in [0.1, 0.15) is 6.33 Å². The molecule has 0 aliphatic carbocycles. The van der Waals surface area contributed by atoms with Gasteiger partial charge in [0.15, 0.2) is 0 Å². The van der Waals surface area contributed by atoms with Crippen LogP contribution in [0.3, 0.4) is 0 Å². The minimum Gasteiger partial charge on any atom is -0.340 e. The Kier molecular flexibility index (Phi) is 3.72. The van der Waals surface area contributed by atoms with Gasteiger partial charge in [-0.1, -0.05) is 66.7 Å². The predicted molar refractivity (Wildman–Crippen MR) is 112 cm³/mol. The number of nitrogens with zero attached hydrogens (tertiary/aromatic N) is 3. The van der Waals surface area contributed by atoms with E-state index >= 15 is 0 Å². The average molecular weight is 349 g/mol. The summed E-state index contributed by atoms with van der Waals surface area (Å²) < 4.78 is 2.39. The summed E-state index contributed by atoms with van der Waals surface area (Å²) >= 11 is 0. The van der Waals surface area contributed by atoms with Gasteiger partial charge < -0.3 is 4.57 Å². The van der Waals surface area contributed by atoms with Crippen molar-refractivity contribution in [1.82, 2.24) is 14.5 Å². The van der Waals surface area contributed by atoms with Crippen LogP contribution in [0.25, 0.3) is 44.3 Å². The van der Waals surface area contributed by atoms with E-state index in [1.807, 2.05) is 12.1 Å². The summed E-state index contributed by atoms with van der Waals surface area (Å²) in [5, 5.41) is 2.30. The molecule has 0 bridgehead atoms. The van der Waals surface area contributed by atoms with Crippen molar-refractivity contribution in [3.8, 4) is 22.5 Å². The van der Waals surface area contributed by atoms with E-state index in [-0.39, 0.29) is 0 Å². The Balaban J connectivity index is 1.97. The van der Waals surface area contributed by atoms with Crippen molar-refractivity contribution in [2.24, 2.45) is 0 Å². The molecule has 0 saturated carbocycles. The van der Waals surface area contributed by atoms with Crippen LogP contribution in [-0.2, 0) is 6.54 Å². The second-order valence-electron chi connectivity index (χ2n) is 6.59. The first-order valence-corrected chi connectivity index (χ1v) is 9.25. The molecule has 3 nitrogen and oxygen atoms in total. The first kappa shape index (κ1) is 15.8. The van der Waals surface area contributed by atoms with E-state index in [1.165, 1.54) is 27.7 Å². The Hall–Kier alpha value is -3.46. The Bertz CT molecular complexity index is 1250. The van der Waals surface area contributed by atoms with Crippen molar-refractivity contribution < 1.29 is 0 Å². The third-order valence-corrected chi connectivity index (χ3v) is 5.11. The fourth-order valence-corrected chi connectivity index (χ4v) is 3.97. The number of para-hydroxylation sites is 2. The highest BCUT2D eigenvalue weighted by atomic mass is 15.0. The standard InChI is InChI=1S/C24H19N3/c1-2-27-21-15-9-7-13-19(21)22(24(27)17-10-4-3-5-11-17)23-18-12-6-8-14-20(18)25-16-26-23/h3-16H,2H2,1H3. The van der Waals surface area contributed by atoms with Crippen LogP contribution >= 0.6 is 0 Å². The normalized spacial score (nSPS) is 11.3. The summed E-state index contributed by atoms with van der Waals surface area (Å²) in [4.78, 5) is 9.20. The van der Waals surface area contributed by atoms with Crippen LogP contribution in [0.4, 0.5) is 0 Å². The molecule has 0 N–H and O–H groups in total. The van der Waals surface area contributed by atoms with Crippen LogP contribution in [0.5, 0.6) is 0 Å². The molecule has 0 aliphatic heterocycles. The van der Waals surface area contributed by atoms with Crippen LogP contribution < -0.4 is 0 Å². The first-order valence-electron chi connectivity index (χ1n) is 9.25. The van der Waals surface area contributed by atoms with Crippen molar-refractivity contribution in [1.29, 1.82) is 0 Å². The zero-order valence-electron chi connectivity index (χ0n) is 15.1. The van der Waals surface area contributed by atoms with E-state index in [2.05, 4.69) is 83.2 Å². The molecular formula is C24H19N3. The van der Waals surface area contributed by atoms with E-state index in [1.54, 1.807) is 6.33 Å². The quantitative estimate of drug-likeness (QED) is 0.404. The van der Waals surface area contributed by atoms with Crippen LogP contribution in [0, 0.1) is 0 Å². The molecule has 0 amide bonds. The molecule has 0 fully saturated rings. The smallest absolute Gasteiger partial charge is 0.116 e. The van der Waals surface area contributed by atoms with Crippen molar-refractivity contribution in [3.63, 3.8) is 0 Å². The first-order chi connectivity index (χ1) is 13.4. The lowest BCUT2D eigenvalue weighted by molar-refractivity contribution is 0.806. The number of hydrogen-bond donors (Lipinski definition) is 0. The van der Waals surface area contributed by atoms with Crippen molar-refractivity contribution in [3.05, 3.63) is 85.2 Å². The number of aryl methyl sites for hydroxylation is 1. The monoisotopic (exact) mass is 349 g/mol. The molecule has 0 radical (unpaired) electrons. The molecule has 130 valence electrons. The minimum absolute atomic E-state index is 0.897. The van der Waals surface area contributed by atoms with Crippen molar-refractivity contribution >= 4 is 21.8 Å². The highest BCUT2D eigenvalue weighted by molar-refractivity contribution is 6.09. The number of hydrogen-bond acceptors (Lipinski definition) is 2. The van der Waals surface area contributed by atoms with Gasteiger partial charge in [-0.3, -0.25) is 0 Å². The summed E-state index contributed by atoms with van der Waals surface area (Å²) in [7, 11) is 0. The van der Waals surface area contributed by atoms with E-state index in [0.29, 0.717) is 0 Å². The van der Waals surface area contributed by atoms with Crippen LogP contribution in [0.1, 0.15) is 6.92 Å². The van der Waals surface area contributed by atoms with Gasteiger partial charge in [-0.25, -0.2) is 9.97 Å². The fourth-order valence-electron chi connectivity index (χ4n) is 3.97. The summed E-state index contributed by atoms with van der Waals surface area (Å²) in [6.07, 6.45) is 1.67. The Labute approximate surface area is 157 Å². The molecule has 5 rings (SSSR count). The molecule has 27 heavy (non-hydrogen) atoms. The zero-order chi connectivity index (χ0) is 18.2. The van der Waals surface area contributed by atoms with Gasteiger partial charge >= 0.3 is 0 Å². The maximum Gasteiger partial charge on any atom is 0.116 e. The van der Waals surface area contributed by atoms with E-state index in [4.69, 9.17) is 4.98 Å². The number of rotatable bonds is 3. The largest absolute Gasteiger partial charge is 0.340 e. The zero-order valence-corrected chi connectivity index (χ0v) is 15.1. The van der Waals surface area contributed by atoms with Gasteiger partial charge in [0.05, 0.1) is 16.9 Å². The summed E-state index contributed by atoms with van der Waals surface area (Å²) in [5.41, 5.74) is 6.78. The highest BCUT2D eigenvalue weighted by Gasteiger charge is 2.21. The highest BCUT2D eigenvalue weighted by Crippen LogP contribution is 2.41. The number of aromatic nitrogens is 3. The third-order valence-electron chi connectivity index (χ3n) is 5.11. The molecule has 0 atom stereocenters. The van der Waals surface area contributed by atoms with Crippen LogP contribution in [0.15, 0.2) is 85.2 Å². The maximum absolute atomic E-state index is 4.74. The summed E-state index contributed by atoms with van der Waals surface area (Å²) in [5.74, 6) is 0. The van der Waals surface area contributed by atoms with Gasteiger partial charge in [-0.15, -0.1) is 0 Å². The SMILES string of the molecule is CCn1c(-c2ccccc2)c(-c2ncnc3ccccc23)c2ccccc21. The van der Waals surface area contributed by atoms with Gasteiger partial charge in [-0.2, -0.15) is 0 Å². The van der Waals surface area contributed by atoms with Crippen LogP contribution in [0.2, 0.25) is 0 Å². The fraction of sp³-hybridized carbons (Fsp3) is 0.0833. The Morgan fingerprint density at radius 3 is 2.26 bits per heavy atom.